The Morgan fingerprint density at radius 3 is 2.23 bits per heavy atom. The van der Waals surface area contributed by atoms with Gasteiger partial charge in [0, 0.05) is 0 Å². The molecular formula is C8H18O4P-. The Balaban J connectivity index is 3.45. The Hall–Kier alpha value is 0.110. The minimum atomic E-state index is -4.00. The van der Waals surface area contributed by atoms with Crippen molar-refractivity contribution in [3.05, 3.63) is 0 Å². The van der Waals surface area contributed by atoms with Crippen molar-refractivity contribution in [2.24, 2.45) is 0 Å². The van der Waals surface area contributed by atoms with E-state index in [9.17, 15) is 9.46 Å². The van der Waals surface area contributed by atoms with Gasteiger partial charge < -0.3 is 13.9 Å². The molecule has 0 saturated carbocycles. The van der Waals surface area contributed by atoms with Crippen LogP contribution in [0.5, 0.6) is 0 Å². The summed E-state index contributed by atoms with van der Waals surface area (Å²) >= 11 is 0. The zero-order valence-electron chi connectivity index (χ0n) is 8.32. The normalized spacial score (nSPS) is 15.6. The molecule has 0 radical (unpaired) electrons. The number of unbranched alkanes of at least 4 members (excludes halogenated alkanes) is 2. The van der Waals surface area contributed by atoms with Gasteiger partial charge in [-0.2, -0.15) is 0 Å². The van der Waals surface area contributed by atoms with E-state index in [0.29, 0.717) is 6.42 Å². The Bertz CT molecular complexity index is 160. The lowest BCUT2D eigenvalue weighted by atomic mass is 10.3. The van der Waals surface area contributed by atoms with E-state index in [0.717, 1.165) is 19.3 Å². The van der Waals surface area contributed by atoms with Crippen LogP contribution in [0.3, 0.4) is 0 Å². The number of hydrogen-bond acceptors (Lipinski definition) is 4. The maximum atomic E-state index is 10.9. The maximum absolute atomic E-state index is 10.9. The Labute approximate surface area is 79.9 Å². The molecule has 13 heavy (non-hydrogen) atoms. The van der Waals surface area contributed by atoms with Crippen molar-refractivity contribution in [3.63, 3.8) is 0 Å². The third-order valence-electron chi connectivity index (χ3n) is 1.45. The third-order valence-corrected chi connectivity index (χ3v) is 2.45. The molecule has 0 aromatic heterocycles. The number of rotatable bonds is 8. The molecule has 0 aromatic rings. The summed E-state index contributed by atoms with van der Waals surface area (Å²) in [6.45, 7) is 4.33. The molecule has 0 aliphatic carbocycles. The highest BCUT2D eigenvalue weighted by molar-refractivity contribution is 7.45. The smallest absolute Gasteiger partial charge is 0.267 e. The topological polar surface area (TPSA) is 58.6 Å². The molecule has 4 nitrogen and oxygen atoms in total. The second-order valence-electron chi connectivity index (χ2n) is 2.82. The summed E-state index contributed by atoms with van der Waals surface area (Å²) in [6.07, 6.45) is 3.46. The second kappa shape index (κ2) is 7.51. The van der Waals surface area contributed by atoms with E-state index in [1.807, 2.05) is 13.8 Å². The van der Waals surface area contributed by atoms with Gasteiger partial charge in [-0.1, -0.05) is 26.7 Å². The predicted molar refractivity (Wildman–Crippen MR) is 49.3 cm³/mol. The molecule has 0 rings (SSSR count). The van der Waals surface area contributed by atoms with Gasteiger partial charge in [0.15, 0.2) is 0 Å². The summed E-state index contributed by atoms with van der Waals surface area (Å²) in [5.74, 6) is 0. The fourth-order valence-electron chi connectivity index (χ4n) is 0.769. The highest BCUT2D eigenvalue weighted by atomic mass is 31.2. The molecule has 0 fully saturated rings. The fraction of sp³-hybridized carbons (Fsp3) is 1.00. The van der Waals surface area contributed by atoms with Crippen LogP contribution in [0, 0.1) is 0 Å². The van der Waals surface area contributed by atoms with E-state index < -0.39 is 7.82 Å². The first-order valence-electron chi connectivity index (χ1n) is 4.72. The van der Waals surface area contributed by atoms with Crippen molar-refractivity contribution in [2.45, 2.75) is 39.5 Å². The van der Waals surface area contributed by atoms with Crippen molar-refractivity contribution in [2.75, 3.05) is 13.2 Å². The average molecular weight is 209 g/mol. The van der Waals surface area contributed by atoms with Gasteiger partial charge in [0.05, 0.1) is 13.2 Å². The average Bonchev–Trinajstić information content (AvgIpc) is 2.09. The van der Waals surface area contributed by atoms with Crippen LogP contribution in [0.2, 0.25) is 0 Å². The summed E-state index contributed by atoms with van der Waals surface area (Å²) in [7, 11) is -4.00. The maximum Gasteiger partial charge on any atom is 0.267 e. The Morgan fingerprint density at radius 1 is 1.08 bits per heavy atom. The van der Waals surface area contributed by atoms with Gasteiger partial charge >= 0.3 is 0 Å². The third kappa shape index (κ3) is 8.44. The van der Waals surface area contributed by atoms with Crippen molar-refractivity contribution in [1.29, 1.82) is 0 Å². The molecule has 0 bridgehead atoms. The van der Waals surface area contributed by atoms with Crippen molar-refractivity contribution in [1.82, 2.24) is 0 Å². The lowest BCUT2D eigenvalue weighted by Crippen LogP contribution is -2.09. The molecular weight excluding hydrogens is 191 g/mol. The van der Waals surface area contributed by atoms with Crippen LogP contribution in [0.4, 0.5) is 0 Å². The first-order chi connectivity index (χ1) is 6.12. The molecule has 0 aliphatic heterocycles. The number of hydrogen-bond donors (Lipinski definition) is 0. The van der Waals surface area contributed by atoms with Crippen LogP contribution in [-0.2, 0) is 13.6 Å². The summed E-state index contributed by atoms with van der Waals surface area (Å²) in [5.41, 5.74) is 0. The first kappa shape index (κ1) is 13.1. The SMILES string of the molecule is CCCCCOP(=O)([O-])OCCC. The molecule has 0 spiro atoms. The van der Waals surface area contributed by atoms with Crippen molar-refractivity contribution >= 4 is 7.82 Å². The van der Waals surface area contributed by atoms with Gasteiger partial charge in [-0.05, 0) is 12.8 Å². The van der Waals surface area contributed by atoms with E-state index in [4.69, 9.17) is 0 Å². The molecule has 1 unspecified atom stereocenters. The number of phosphoric ester groups is 1. The van der Waals surface area contributed by atoms with E-state index in [2.05, 4.69) is 9.05 Å². The lowest BCUT2D eigenvalue weighted by Gasteiger charge is -2.22. The van der Waals surface area contributed by atoms with Gasteiger partial charge in [0.1, 0.15) is 0 Å². The molecule has 0 N–H and O–H groups in total. The fourth-order valence-corrected chi connectivity index (χ4v) is 1.60. The zero-order valence-corrected chi connectivity index (χ0v) is 9.22. The molecule has 80 valence electrons. The Morgan fingerprint density at radius 2 is 1.69 bits per heavy atom. The van der Waals surface area contributed by atoms with E-state index in [-0.39, 0.29) is 13.2 Å². The standard InChI is InChI=1S/C8H19O4P/c1-3-5-6-8-12-13(9,10)11-7-4-2/h3-8H2,1-2H3,(H,9,10)/p-1. The largest absolute Gasteiger partial charge is 0.756 e. The lowest BCUT2D eigenvalue weighted by molar-refractivity contribution is -0.225. The second-order valence-corrected chi connectivity index (χ2v) is 4.23. The van der Waals surface area contributed by atoms with E-state index in [1.54, 1.807) is 0 Å². The van der Waals surface area contributed by atoms with Gasteiger partial charge in [0.2, 0.25) is 0 Å². The monoisotopic (exact) mass is 209 g/mol. The molecule has 0 amide bonds. The Kier molecular flexibility index (Phi) is 7.57. The molecule has 0 heterocycles. The van der Waals surface area contributed by atoms with Crippen molar-refractivity contribution < 1.29 is 18.5 Å². The van der Waals surface area contributed by atoms with Crippen LogP contribution >= 0.6 is 7.82 Å². The quantitative estimate of drug-likeness (QED) is 0.453. The molecule has 0 saturated heterocycles. The van der Waals surface area contributed by atoms with Crippen LogP contribution in [0.25, 0.3) is 0 Å². The van der Waals surface area contributed by atoms with Gasteiger partial charge in [0.25, 0.3) is 7.82 Å². The predicted octanol–water partition coefficient (Wildman–Crippen LogP) is 2.09. The zero-order chi connectivity index (χ0) is 10.2. The summed E-state index contributed by atoms with van der Waals surface area (Å²) in [6, 6.07) is 0. The van der Waals surface area contributed by atoms with Crippen LogP contribution in [-0.4, -0.2) is 13.2 Å². The molecule has 0 aromatic carbocycles. The van der Waals surface area contributed by atoms with Crippen LogP contribution < -0.4 is 4.89 Å². The van der Waals surface area contributed by atoms with Gasteiger partial charge in [-0.3, -0.25) is 4.57 Å². The van der Waals surface area contributed by atoms with Gasteiger partial charge in [-0.15, -0.1) is 0 Å². The van der Waals surface area contributed by atoms with Crippen LogP contribution in [0.1, 0.15) is 39.5 Å². The highest BCUT2D eigenvalue weighted by Gasteiger charge is 2.07. The first-order valence-corrected chi connectivity index (χ1v) is 6.18. The van der Waals surface area contributed by atoms with E-state index >= 15 is 0 Å². The van der Waals surface area contributed by atoms with Gasteiger partial charge in [-0.25, -0.2) is 0 Å². The minimum absolute atomic E-state index is 0.203. The van der Waals surface area contributed by atoms with E-state index in [1.165, 1.54) is 0 Å². The highest BCUT2D eigenvalue weighted by Crippen LogP contribution is 2.38. The molecule has 5 heteroatoms. The minimum Gasteiger partial charge on any atom is -0.756 e. The summed E-state index contributed by atoms with van der Waals surface area (Å²) in [5, 5.41) is 0. The van der Waals surface area contributed by atoms with Crippen molar-refractivity contribution in [3.8, 4) is 0 Å². The molecule has 1 atom stereocenters. The number of phosphoric acid groups is 1. The summed E-state index contributed by atoms with van der Waals surface area (Å²) in [4.78, 5) is 10.9. The molecule has 0 aliphatic rings. The summed E-state index contributed by atoms with van der Waals surface area (Å²) < 4.78 is 20.1. The van der Waals surface area contributed by atoms with Crippen LogP contribution in [0.15, 0.2) is 0 Å².